The Bertz CT molecular complexity index is 1040. The van der Waals surface area contributed by atoms with E-state index in [4.69, 9.17) is 0 Å². The molecule has 2 aromatic heterocycles. The zero-order valence-electron chi connectivity index (χ0n) is 14.5. The molecule has 0 aliphatic carbocycles. The van der Waals surface area contributed by atoms with Gasteiger partial charge in [0.2, 0.25) is 10.0 Å². The van der Waals surface area contributed by atoms with Crippen LogP contribution < -0.4 is 10.0 Å². The number of carbonyl (C=O) groups excluding carboxylic acids is 1. The Labute approximate surface area is 156 Å². The molecule has 3 aromatic rings. The highest BCUT2D eigenvalue weighted by atomic mass is 32.2. The summed E-state index contributed by atoms with van der Waals surface area (Å²) in [6, 6.07) is 11.7. The van der Waals surface area contributed by atoms with Gasteiger partial charge in [0.05, 0.1) is 10.5 Å². The molecular formula is C18H17N5O3S. The second-order valence-electron chi connectivity index (χ2n) is 5.55. The summed E-state index contributed by atoms with van der Waals surface area (Å²) >= 11 is 0. The number of rotatable bonds is 6. The van der Waals surface area contributed by atoms with Gasteiger partial charge in [0.1, 0.15) is 5.69 Å². The van der Waals surface area contributed by atoms with E-state index >= 15 is 0 Å². The molecule has 0 unspecified atom stereocenters. The molecule has 0 aliphatic heterocycles. The van der Waals surface area contributed by atoms with E-state index in [0.717, 1.165) is 0 Å². The van der Waals surface area contributed by atoms with E-state index in [1.165, 1.54) is 31.6 Å². The van der Waals surface area contributed by atoms with Crippen molar-refractivity contribution in [1.82, 2.24) is 25.0 Å². The fourth-order valence-electron chi connectivity index (χ4n) is 2.30. The predicted octanol–water partition coefficient (Wildman–Crippen LogP) is 1.38. The van der Waals surface area contributed by atoms with Gasteiger partial charge in [0.15, 0.2) is 5.82 Å². The van der Waals surface area contributed by atoms with E-state index in [1.807, 2.05) is 6.07 Å². The van der Waals surface area contributed by atoms with Gasteiger partial charge in [-0.05, 0) is 36.9 Å². The molecule has 2 N–H and O–H groups in total. The first-order valence-electron chi connectivity index (χ1n) is 8.04. The van der Waals surface area contributed by atoms with E-state index < -0.39 is 10.0 Å². The second-order valence-corrected chi connectivity index (χ2v) is 7.43. The van der Waals surface area contributed by atoms with Crippen molar-refractivity contribution in [1.29, 1.82) is 0 Å². The van der Waals surface area contributed by atoms with Crippen LogP contribution in [0.1, 0.15) is 15.9 Å². The van der Waals surface area contributed by atoms with Gasteiger partial charge >= 0.3 is 0 Å². The van der Waals surface area contributed by atoms with Crippen LogP contribution in [0.3, 0.4) is 0 Å². The van der Waals surface area contributed by atoms with E-state index in [0.29, 0.717) is 22.6 Å². The SMILES string of the molecule is CNS(=O)(=O)c1cccc(CNC(=O)c2cnc(-c3ccccn3)nc2)c1. The van der Waals surface area contributed by atoms with Crippen LogP contribution in [0, 0.1) is 0 Å². The van der Waals surface area contributed by atoms with E-state index in [1.54, 1.807) is 30.5 Å². The molecule has 0 spiro atoms. The number of carbonyl (C=O) groups is 1. The zero-order valence-corrected chi connectivity index (χ0v) is 15.3. The molecule has 27 heavy (non-hydrogen) atoms. The summed E-state index contributed by atoms with van der Waals surface area (Å²) in [5.41, 5.74) is 1.58. The van der Waals surface area contributed by atoms with Crippen molar-refractivity contribution in [2.24, 2.45) is 0 Å². The summed E-state index contributed by atoms with van der Waals surface area (Å²) in [6.45, 7) is 0.175. The van der Waals surface area contributed by atoms with Crippen LogP contribution in [0.4, 0.5) is 0 Å². The van der Waals surface area contributed by atoms with E-state index in [2.05, 4.69) is 25.0 Å². The predicted molar refractivity (Wildman–Crippen MR) is 99.1 cm³/mol. The average molecular weight is 383 g/mol. The molecule has 8 nitrogen and oxygen atoms in total. The van der Waals surface area contributed by atoms with Crippen LogP contribution in [-0.4, -0.2) is 36.3 Å². The first kappa shape index (κ1) is 18.6. The van der Waals surface area contributed by atoms with E-state index in [-0.39, 0.29) is 17.3 Å². The standard InChI is InChI=1S/C18H17N5O3S/c1-19-27(25,26)15-6-4-5-13(9-15)10-23-18(24)14-11-21-17(22-12-14)16-7-2-3-8-20-16/h2-9,11-12,19H,10H2,1H3,(H,23,24). The van der Waals surface area contributed by atoms with Gasteiger partial charge in [-0.2, -0.15) is 0 Å². The number of benzene rings is 1. The average Bonchev–Trinajstić information content (AvgIpc) is 2.73. The van der Waals surface area contributed by atoms with Gasteiger partial charge in [-0.1, -0.05) is 18.2 Å². The monoisotopic (exact) mass is 383 g/mol. The highest BCUT2D eigenvalue weighted by Crippen LogP contribution is 2.12. The first-order chi connectivity index (χ1) is 13.0. The topological polar surface area (TPSA) is 114 Å². The number of pyridine rings is 1. The minimum atomic E-state index is -3.53. The summed E-state index contributed by atoms with van der Waals surface area (Å²) in [7, 11) is -2.19. The maximum atomic E-state index is 12.3. The van der Waals surface area contributed by atoms with Gasteiger partial charge in [0, 0.05) is 25.1 Å². The fraction of sp³-hybridized carbons (Fsp3) is 0.111. The van der Waals surface area contributed by atoms with Gasteiger partial charge in [-0.15, -0.1) is 0 Å². The Morgan fingerprint density at radius 3 is 2.48 bits per heavy atom. The molecule has 138 valence electrons. The minimum absolute atomic E-state index is 0.139. The Morgan fingerprint density at radius 2 is 1.81 bits per heavy atom. The minimum Gasteiger partial charge on any atom is -0.348 e. The molecule has 0 radical (unpaired) electrons. The molecule has 9 heteroatoms. The molecule has 3 rings (SSSR count). The normalized spacial score (nSPS) is 11.1. The van der Waals surface area contributed by atoms with Gasteiger partial charge in [-0.25, -0.2) is 23.1 Å². The van der Waals surface area contributed by atoms with Crippen LogP contribution in [0.25, 0.3) is 11.5 Å². The van der Waals surface area contributed by atoms with Gasteiger partial charge in [0.25, 0.3) is 5.91 Å². The molecule has 0 saturated carbocycles. The first-order valence-corrected chi connectivity index (χ1v) is 9.52. The van der Waals surface area contributed by atoms with Gasteiger partial charge < -0.3 is 5.32 Å². The number of aromatic nitrogens is 3. The Hall–Kier alpha value is -3.17. The molecule has 0 aliphatic rings. The molecule has 2 heterocycles. The summed E-state index contributed by atoms with van der Waals surface area (Å²) in [4.78, 5) is 24.9. The molecule has 0 bridgehead atoms. The largest absolute Gasteiger partial charge is 0.348 e. The lowest BCUT2D eigenvalue weighted by molar-refractivity contribution is 0.0950. The lowest BCUT2D eigenvalue weighted by Gasteiger charge is -2.08. The second kappa shape index (κ2) is 8.02. The highest BCUT2D eigenvalue weighted by molar-refractivity contribution is 7.89. The molecule has 0 atom stereocenters. The molecule has 1 aromatic carbocycles. The van der Waals surface area contributed by atoms with E-state index in [9.17, 15) is 13.2 Å². The Balaban J connectivity index is 1.67. The third-order valence-electron chi connectivity index (χ3n) is 3.74. The third kappa shape index (κ3) is 4.52. The zero-order chi connectivity index (χ0) is 19.3. The number of sulfonamides is 1. The smallest absolute Gasteiger partial charge is 0.254 e. The van der Waals surface area contributed by atoms with Crippen LogP contribution >= 0.6 is 0 Å². The van der Waals surface area contributed by atoms with Gasteiger partial charge in [-0.3, -0.25) is 9.78 Å². The Morgan fingerprint density at radius 1 is 1.04 bits per heavy atom. The number of nitrogens with zero attached hydrogens (tertiary/aromatic N) is 3. The van der Waals surface area contributed by atoms with Crippen molar-refractivity contribution < 1.29 is 13.2 Å². The number of hydrogen-bond acceptors (Lipinski definition) is 6. The van der Waals surface area contributed by atoms with Crippen LogP contribution in [0.5, 0.6) is 0 Å². The summed E-state index contributed by atoms with van der Waals surface area (Å²) in [5, 5.41) is 2.72. The number of amides is 1. The van der Waals surface area contributed by atoms with Crippen molar-refractivity contribution in [2.45, 2.75) is 11.4 Å². The molecule has 0 fully saturated rings. The highest BCUT2D eigenvalue weighted by Gasteiger charge is 2.12. The summed E-state index contributed by atoms with van der Waals surface area (Å²) in [6.07, 6.45) is 4.49. The molecule has 1 amide bonds. The van der Waals surface area contributed by atoms with Crippen LogP contribution in [0.15, 0.2) is 66.0 Å². The van der Waals surface area contributed by atoms with Crippen LogP contribution in [0.2, 0.25) is 0 Å². The maximum Gasteiger partial charge on any atom is 0.254 e. The number of hydrogen-bond donors (Lipinski definition) is 2. The lowest BCUT2D eigenvalue weighted by atomic mass is 10.2. The van der Waals surface area contributed by atoms with Crippen molar-refractivity contribution in [3.8, 4) is 11.5 Å². The fourth-order valence-corrected chi connectivity index (χ4v) is 3.10. The van der Waals surface area contributed by atoms with Crippen molar-refractivity contribution in [2.75, 3.05) is 7.05 Å². The lowest BCUT2D eigenvalue weighted by Crippen LogP contribution is -2.23. The maximum absolute atomic E-state index is 12.3. The molecule has 0 saturated heterocycles. The van der Waals surface area contributed by atoms with Crippen molar-refractivity contribution in [3.05, 3.63) is 72.2 Å². The van der Waals surface area contributed by atoms with Crippen molar-refractivity contribution >= 4 is 15.9 Å². The Kier molecular flexibility index (Phi) is 5.53. The quantitative estimate of drug-likeness (QED) is 0.665. The van der Waals surface area contributed by atoms with Crippen molar-refractivity contribution in [3.63, 3.8) is 0 Å². The third-order valence-corrected chi connectivity index (χ3v) is 5.15. The summed E-state index contributed by atoms with van der Waals surface area (Å²) < 4.78 is 25.9. The van der Waals surface area contributed by atoms with Crippen LogP contribution in [-0.2, 0) is 16.6 Å². The molecular weight excluding hydrogens is 366 g/mol. The summed E-state index contributed by atoms with van der Waals surface area (Å²) in [5.74, 6) is 0.0709. The number of nitrogens with one attached hydrogen (secondary N) is 2.